The Labute approximate surface area is 81.9 Å². The second-order valence-corrected chi connectivity index (χ2v) is 2.90. The van der Waals surface area contributed by atoms with Gasteiger partial charge in [0.15, 0.2) is 0 Å². The number of carbonyl (C=O) groups excluding carboxylic acids is 1. The summed E-state index contributed by atoms with van der Waals surface area (Å²) >= 11 is 0. The maximum atomic E-state index is 12.7. The number of carbonyl (C=O) groups is 1. The van der Waals surface area contributed by atoms with Crippen LogP contribution in [0.4, 0.5) is 10.1 Å². The number of nitrogens with one attached hydrogen (secondary N) is 1. The Hall–Kier alpha value is -1.58. The van der Waals surface area contributed by atoms with E-state index in [1.165, 1.54) is 19.2 Å². The molecule has 76 valence electrons. The van der Waals surface area contributed by atoms with Crippen LogP contribution in [0.2, 0.25) is 0 Å². The van der Waals surface area contributed by atoms with E-state index in [2.05, 4.69) is 10.1 Å². The molecule has 0 spiro atoms. The van der Waals surface area contributed by atoms with Gasteiger partial charge in [-0.2, -0.15) is 0 Å². The Bertz CT molecular complexity index is 328. The summed E-state index contributed by atoms with van der Waals surface area (Å²) in [5, 5.41) is 2.82. The third-order valence-electron chi connectivity index (χ3n) is 1.76. The predicted octanol–water partition coefficient (Wildman–Crippen LogP) is 1.80. The highest BCUT2D eigenvalue weighted by Gasteiger charge is 2.12. The molecule has 1 aromatic rings. The van der Waals surface area contributed by atoms with E-state index in [0.29, 0.717) is 5.69 Å². The minimum absolute atomic E-state index is 0.341. The van der Waals surface area contributed by atoms with E-state index in [1.54, 1.807) is 19.1 Å². The van der Waals surface area contributed by atoms with Gasteiger partial charge in [0.05, 0.1) is 7.11 Å². The van der Waals surface area contributed by atoms with Crippen LogP contribution in [0, 0.1) is 5.82 Å². The first-order chi connectivity index (χ1) is 6.63. The van der Waals surface area contributed by atoms with Crippen LogP contribution in [-0.2, 0) is 9.53 Å². The van der Waals surface area contributed by atoms with Crippen molar-refractivity contribution < 1.29 is 13.9 Å². The highest BCUT2D eigenvalue weighted by molar-refractivity contribution is 5.78. The highest BCUT2D eigenvalue weighted by atomic mass is 19.1. The van der Waals surface area contributed by atoms with Gasteiger partial charge >= 0.3 is 5.97 Å². The Morgan fingerprint density at radius 3 is 2.86 bits per heavy atom. The van der Waals surface area contributed by atoms with Gasteiger partial charge in [-0.1, -0.05) is 6.07 Å². The van der Waals surface area contributed by atoms with Gasteiger partial charge in [-0.15, -0.1) is 0 Å². The standard InChI is InChI=1S/C10H12FNO2/c1-7(10(13)14-2)12-9-5-3-4-8(11)6-9/h3-7,12H,1-2H3/t7-/m0/s1. The van der Waals surface area contributed by atoms with Gasteiger partial charge in [0.1, 0.15) is 11.9 Å². The molecule has 0 aliphatic carbocycles. The van der Waals surface area contributed by atoms with Crippen LogP contribution in [-0.4, -0.2) is 19.1 Å². The van der Waals surface area contributed by atoms with Crippen LogP contribution in [0.5, 0.6) is 0 Å². The molecule has 0 aliphatic rings. The predicted molar refractivity (Wildman–Crippen MR) is 51.5 cm³/mol. The molecule has 14 heavy (non-hydrogen) atoms. The van der Waals surface area contributed by atoms with Crippen molar-refractivity contribution in [2.24, 2.45) is 0 Å². The molecule has 0 bridgehead atoms. The molecule has 0 fully saturated rings. The number of ether oxygens (including phenoxy) is 1. The topological polar surface area (TPSA) is 38.3 Å². The summed E-state index contributed by atoms with van der Waals surface area (Å²) in [7, 11) is 1.31. The average molecular weight is 197 g/mol. The second-order valence-electron chi connectivity index (χ2n) is 2.90. The van der Waals surface area contributed by atoms with Gasteiger partial charge in [-0.25, -0.2) is 9.18 Å². The number of benzene rings is 1. The normalized spacial score (nSPS) is 11.9. The first-order valence-corrected chi connectivity index (χ1v) is 4.23. The molecule has 1 N–H and O–H groups in total. The summed E-state index contributed by atoms with van der Waals surface area (Å²) < 4.78 is 17.3. The molecule has 0 saturated carbocycles. The van der Waals surface area contributed by atoms with Crippen molar-refractivity contribution >= 4 is 11.7 Å². The molecule has 0 aromatic heterocycles. The number of methoxy groups -OCH3 is 1. The fourth-order valence-electron chi connectivity index (χ4n) is 1.06. The van der Waals surface area contributed by atoms with Gasteiger partial charge in [-0.05, 0) is 25.1 Å². The molecule has 0 amide bonds. The molecule has 1 atom stereocenters. The van der Waals surface area contributed by atoms with Crippen LogP contribution in [0.25, 0.3) is 0 Å². The number of anilines is 1. The Morgan fingerprint density at radius 2 is 2.29 bits per heavy atom. The maximum absolute atomic E-state index is 12.7. The van der Waals surface area contributed by atoms with Crippen molar-refractivity contribution in [1.29, 1.82) is 0 Å². The summed E-state index contributed by atoms with van der Waals surface area (Å²) in [5.74, 6) is -0.721. The van der Waals surface area contributed by atoms with E-state index in [9.17, 15) is 9.18 Å². The van der Waals surface area contributed by atoms with Crippen molar-refractivity contribution in [3.05, 3.63) is 30.1 Å². The molecule has 0 aliphatic heterocycles. The molecule has 3 nitrogen and oxygen atoms in total. The van der Waals surface area contributed by atoms with E-state index < -0.39 is 6.04 Å². The van der Waals surface area contributed by atoms with Crippen LogP contribution in [0.1, 0.15) is 6.92 Å². The number of halogens is 1. The van der Waals surface area contributed by atoms with E-state index >= 15 is 0 Å². The molecule has 0 heterocycles. The van der Waals surface area contributed by atoms with Crippen LogP contribution >= 0.6 is 0 Å². The monoisotopic (exact) mass is 197 g/mol. The van der Waals surface area contributed by atoms with E-state index in [4.69, 9.17) is 0 Å². The van der Waals surface area contributed by atoms with Crippen molar-refractivity contribution in [1.82, 2.24) is 0 Å². The van der Waals surface area contributed by atoms with E-state index in [1.807, 2.05) is 0 Å². The number of hydrogen-bond acceptors (Lipinski definition) is 3. The smallest absolute Gasteiger partial charge is 0.327 e. The van der Waals surface area contributed by atoms with Crippen LogP contribution in [0.3, 0.4) is 0 Å². The van der Waals surface area contributed by atoms with Crippen molar-refractivity contribution in [3.63, 3.8) is 0 Å². The van der Waals surface area contributed by atoms with Crippen molar-refractivity contribution in [3.8, 4) is 0 Å². The lowest BCUT2D eigenvalue weighted by molar-refractivity contribution is -0.141. The van der Waals surface area contributed by atoms with E-state index in [0.717, 1.165) is 0 Å². The third-order valence-corrected chi connectivity index (χ3v) is 1.76. The molecule has 1 aromatic carbocycles. The first-order valence-electron chi connectivity index (χ1n) is 4.23. The largest absolute Gasteiger partial charge is 0.467 e. The van der Waals surface area contributed by atoms with Crippen molar-refractivity contribution in [2.75, 3.05) is 12.4 Å². The van der Waals surface area contributed by atoms with Crippen LogP contribution in [0.15, 0.2) is 24.3 Å². The van der Waals surface area contributed by atoms with Crippen molar-refractivity contribution in [2.45, 2.75) is 13.0 Å². The summed E-state index contributed by atoms with van der Waals surface area (Å²) in [6.07, 6.45) is 0. The lowest BCUT2D eigenvalue weighted by Crippen LogP contribution is -2.27. The number of rotatable bonds is 3. The van der Waals surface area contributed by atoms with Gasteiger partial charge in [-0.3, -0.25) is 0 Å². The molecular weight excluding hydrogens is 185 g/mol. The summed E-state index contributed by atoms with van der Waals surface area (Å²) in [6, 6.07) is 5.43. The fourth-order valence-corrected chi connectivity index (χ4v) is 1.06. The first kappa shape index (κ1) is 10.5. The average Bonchev–Trinajstić information content (AvgIpc) is 2.16. The highest BCUT2D eigenvalue weighted by Crippen LogP contribution is 2.10. The van der Waals surface area contributed by atoms with E-state index in [-0.39, 0.29) is 11.8 Å². The molecule has 1 rings (SSSR count). The molecule has 0 unspecified atom stereocenters. The molecule has 4 heteroatoms. The molecule has 0 saturated heterocycles. The second kappa shape index (κ2) is 4.60. The van der Waals surface area contributed by atoms with Gasteiger partial charge in [0.25, 0.3) is 0 Å². The third kappa shape index (κ3) is 2.73. The summed E-state index contributed by atoms with van der Waals surface area (Å²) in [5.41, 5.74) is 0.558. The lowest BCUT2D eigenvalue weighted by Gasteiger charge is -2.12. The van der Waals surface area contributed by atoms with Crippen LogP contribution < -0.4 is 5.32 Å². The molecule has 0 radical (unpaired) electrons. The van der Waals surface area contributed by atoms with Gasteiger partial charge < -0.3 is 10.1 Å². The zero-order valence-electron chi connectivity index (χ0n) is 8.08. The zero-order valence-corrected chi connectivity index (χ0v) is 8.08. The Balaban J connectivity index is 2.64. The van der Waals surface area contributed by atoms with Gasteiger partial charge in [0, 0.05) is 5.69 Å². The molecular formula is C10H12FNO2. The zero-order chi connectivity index (χ0) is 10.6. The van der Waals surface area contributed by atoms with Gasteiger partial charge in [0.2, 0.25) is 0 Å². The SMILES string of the molecule is COC(=O)[C@H](C)Nc1cccc(F)c1. The Morgan fingerprint density at radius 1 is 1.57 bits per heavy atom. The maximum Gasteiger partial charge on any atom is 0.327 e. The minimum atomic E-state index is -0.484. The number of hydrogen-bond donors (Lipinski definition) is 1. The summed E-state index contributed by atoms with van der Waals surface area (Å²) in [4.78, 5) is 11.0. The fraction of sp³-hybridized carbons (Fsp3) is 0.300. The Kier molecular flexibility index (Phi) is 3.45. The lowest BCUT2D eigenvalue weighted by atomic mass is 10.2. The quantitative estimate of drug-likeness (QED) is 0.751. The number of esters is 1. The minimum Gasteiger partial charge on any atom is -0.467 e. The summed E-state index contributed by atoms with van der Waals surface area (Å²) in [6.45, 7) is 1.65.